The molecule has 1 aliphatic rings. The smallest absolute Gasteiger partial charge is 0.307 e. The minimum absolute atomic E-state index is 0.253. The Kier molecular flexibility index (Phi) is 3.96. The normalized spacial score (nSPS) is 18.8. The van der Waals surface area contributed by atoms with E-state index in [0.717, 1.165) is 29.9 Å². The van der Waals surface area contributed by atoms with Crippen LogP contribution in [0, 0.1) is 5.92 Å². The average Bonchev–Trinajstić information content (AvgIpc) is 3.05. The summed E-state index contributed by atoms with van der Waals surface area (Å²) in [4.78, 5) is 11.9. The topological polar surface area (TPSA) is 63.8 Å². The predicted molar refractivity (Wildman–Crippen MR) is 83.2 cm³/mol. The first-order valence-corrected chi connectivity index (χ1v) is 7.25. The summed E-state index contributed by atoms with van der Waals surface area (Å²) in [6.07, 6.45) is 3.28. The van der Waals surface area contributed by atoms with Crippen LogP contribution in [-0.4, -0.2) is 18.7 Å². The molecular weight excluding hydrogens is 280 g/mol. The molecule has 1 aliphatic carbocycles. The van der Waals surface area contributed by atoms with Crippen molar-refractivity contribution >= 4 is 11.6 Å². The van der Waals surface area contributed by atoms with Crippen LogP contribution in [0.1, 0.15) is 35.0 Å². The quantitative estimate of drug-likeness (QED) is 0.886. The number of furan rings is 1. The third-order valence-electron chi connectivity index (χ3n) is 3.77. The lowest BCUT2D eigenvalue weighted by Crippen LogP contribution is -2.24. The van der Waals surface area contributed by atoms with E-state index in [1.54, 1.807) is 19.2 Å². The third kappa shape index (κ3) is 2.88. The van der Waals surface area contributed by atoms with Gasteiger partial charge >= 0.3 is 5.91 Å². The second-order valence-electron chi connectivity index (χ2n) is 5.51. The molecule has 0 radical (unpaired) electrons. The van der Waals surface area contributed by atoms with Crippen molar-refractivity contribution in [2.24, 2.45) is 11.0 Å². The zero-order valence-electron chi connectivity index (χ0n) is 12.6. The van der Waals surface area contributed by atoms with Gasteiger partial charge in [-0.15, -0.1) is 0 Å². The van der Waals surface area contributed by atoms with Gasteiger partial charge in [0.15, 0.2) is 5.76 Å². The van der Waals surface area contributed by atoms with Crippen molar-refractivity contribution < 1.29 is 13.9 Å². The average molecular weight is 298 g/mol. The van der Waals surface area contributed by atoms with Gasteiger partial charge in [0.1, 0.15) is 5.75 Å². The lowest BCUT2D eigenvalue weighted by atomic mass is 9.83. The van der Waals surface area contributed by atoms with Crippen LogP contribution < -0.4 is 10.2 Å². The van der Waals surface area contributed by atoms with Crippen molar-refractivity contribution in [1.82, 2.24) is 5.43 Å². The van der Waals surface area contributed by atoms with Crippen LogP contribution in [0.3, 0.4) is 0 Å². The summed E-state index contributed by atoms with van der Waals surface area (Å²) in [5.41, 5.74) is 5.72. The second-order valence-corrected chi connectivity index (χ2v) is 5.51. The molecule has 3 rings (SSSR count). The molecule has 0 unspecified atom stereocenters. The van der Waals surface area contributed by atoms with Gasteiger partial charge in [0.05, 0.1) is 19.1 Å². The molecular formula is C17H18N2O3. The van der Waals surface area contributed by atoms with Gasteiger partial charge < -0.3 is 9.15 Å². The predicted octanol–water partition coefficient (Wildman–Crippen LogP) is 3.00. The zero-order valence-corrected chi connectivity index (χ0v) is 12.6. The molecule has 1 aromatic carbocycles. The number of amides is 1. The van der Waals surface area contributed by atoms with E-state index in [4.69, 9.17) is 9.15 Å². The van der Waals surface area contributed by atoms with Gasteiger partial charge in [-0.05, 0) is 54.7 Å². The number of hydrogen-bond donors (Lipinski definition) is 1. The number of fused-ring (bicyclic) bond motifs is 1. The minimum atomic E-state index is -0.342. The number of carbonyl (C=O) groups excluding carboxylic acids is 1. The van der Waals surface area contributed by atoms with E-state index in [-0.39, 0.29) is 11.7 Å². The largest absolute Gasteiger partial charge is 0.497 e. The molecule has 2 aromatic rings. The fraction of sp³-hybridized carbons (Fsp3) is 0.294. The highest BCUT2D eigenvalue weighted by molar-refractivity contribution is 6.04. The number of nitrogens with one attached hydrogen (secondary N) is 1. The number of hydrazone groups is 1. The van der Waals surface area contributed by atoms with Crippen LogP contribution >= 0.6 is 0 Å². The number of methoxy groups -OCH3 is 1. The highest BCUT2D eigenvalue weighted by atomic mass is 16.5. The van der Waals surface area contributed by atoms with E-state index in [1.807, 2.05) is 18.2 Å². The lowest BCUT2D eigenvalue weighted by molar-refractivity contribution is 0.0927. The van der Waals surface area contributed by atoms with Crippen molar-refractivity contribution in [2.45, 2.75) is 19.8 Å². The summed E-state index contributed by atoms with van der Waals surface area (Å²) in [5.74, 6) is 1.22. The number of benzene rings is 1. The van der Waals surface area contributed by atoms with E-state index >= 15 is 0 Å². The summed E-state index contributed by atoms with van der Waals surface area (Å²) in [6, 6.07) is 9.23. The summed E-state index contributed by atoms with van der Waals surface area (Å²) in [5, 5.41) is 4.30. The molecule has 1 atom stereocenters. The van der Waals surface area contributed by atoms with Crippen molar-refractivity contribution in [1.29, 1.82) is 0 Å². The number of rotatable bonds is 3. The Hall–Kier alpha value is -2.56. The van der Waals surface area contributed by atoms with Gasteiger partial charge in [-0.25, -0.2) is 5.43 Å². The highest BCUT2D eigenvalue weighted by Crippen LogP contribution is 2.28. The Balaban J connectivity index is 1.85. The van der Waals surface area contributed by atoms with Crippen LogP contribution in [-0.2, 0) is 6.42 Å². The number of nitrogens with zero attached hydrogens (tertiary/aromatic N) is 1. The molecule has 0 fully saturated rings. The van der Waals surface area contributed by atoms with Crippen molar-refractivity contribution in [2.75, 3.05) is 7.11 Å². The van der Waals surface area contributed by atoms with Crippen LogP contribution in [0.4, 0.5) is 0 Å². The summed E-state index contributed by atoms with van der Waals surface area (Å²) in [7, 11) is 1.66. The molecule has 0 bridgehead atoms. The molecule has 1 aromatic heterocycles. The number of hydrogen-bond acceptors (Lipinski definition) is 4. The van der Waals surface area contributed by atoms with Crippen LogP contribution in [0.5, 0.6) is 5.75 Å². The van der Waals surface area contributed by atoms with Gasteiger partial charge in [0.2, 0.25) is 0 Å². The van der Waals surface area contributed by atoms with Crippen molar-refractivity contribution in [3.63, 3.8) is 0 Å². The Morgan fingerprint density at radius 2 is 2.23 bits per heavy atom. The van der Waals surface area contributed by atoms with Crippen LogP contribution in [0.2, 0.25) is 0 Å². The van der Waals surface area contributed by atoms with Crippen molar-refractivity contribution in [3.05, 3.63) is 53.5 Å². The maximum atomic E-state index is 11.9. The van der Waals surface area contributed by atoms with E-state index < -0.39 is 0 Å². The van der Waals surface area contributed by atoms with Crippen molar-refractivity contribution in [3.8, 4) is 5.75 Å². The van der Waals surface area contributed by atoms with Gasteiger partial charge in [0.25, 0.3) is 0 Å². The van der Waals surface area contributed by atoms with Gasteiger partial charge in [-0.2, -0.15) is 5.10 Å². The van der Waals surface area contributed by atoms with Crippen LogP contribution in [0.15, 0.2) is 46.1 Å². The molecule has 1 N–H and O–H groups in total. The third-order valence-corrected chi connectivity index (χ3v) is 3.77. The fourth-order valence-corrected chi connectivity index (χ4v) is 2.72. The molecule has 0 saturated heterocycles. The number of ether oxygens (including phenoxy) is 1. The van der Waals surface area contributed by atoms with E-state index in [1.165, 1.54) is 11.8 Å². The second kappa shape index (κ2) is 6.05. The maximum absolute atomic E-state index is 11.9. The summed E-state index contributed by atoms with van der Waals surface area (Å²) >= 11 is 0. The minimum Gasteiger partial charge on any atom is -0.497 e. The first kappa shape index (κ1) is 14.4. The summed E-state index contributed by atoms with van der Waals surface area (Å²) < 4.78 is 10.3. The van der Waals surface area contributed by atoms with Gasteiger partial charge in [-0.1, -0.05) is 6.92 Å². The zero-order chi connectivity index (χ0) is 15.5. The first-order valence-electron chi connectivity index (χ1n) is 7.25. The SMILES string of the molecule is COc1ccc2c(c1)C[C@@H](C)C/C2=N\NC(=O)c1ccco1. The molecule has 5 heteroatoms. The first-order chi connectivity index (χ1) is 10.7. The molecule has 114 valence electrons. The fourth-order valence-electron chi connectivity index (χ4n) is 2.72. The lowest BCUT2D eigenvalue weighted by Gasteiger charge is -2.23. The van der Waals surface area contributed by atoms with Crippen LogP contribution in [0.25, 0.3) is 0 Å². The molecule has 0 saturated carbocycles. The van der Waals surface area contributed by atoms with Gasteiger partial charge in [-0.3, -0.25) is 4.79 Å². The van der Waals surface area contributed by atoms with E-state index in [9.17, 15) is 4.79 Å². The summed E-state index contributed by atoms with van der Waals surface area (Å²) in [6.45, 7) is 2.17. The molecule has 0 spiro atoms. The highest BCUT2D eigenvalue weighted by Gasteiger charge is 2.22. The molecule has 5 nitrogen and oxygen atoms in total. The van der Waals surface area contributed by atoms with E-state index in [2.05, 4.69) is 17.5 Å². The Morgan fingerprint density at radius 1 is 1.36 bits per heavy atom. The Morgan fingerprint density at radius 3 is 2.95 bits per heavy atom. The maximum Gasteiger partial charge on any atom is 0.307 e. The molecule has 0 aliphatic heterocycles. The molecule has 1 heterocycles. The standard InChI is InChI=1S/C17H18N2O3/c1-11-8-12-10-13(21-2)5-6-14(12)15(9-11)18-19-17(20)16-4-3-7-22-16/h3-7,10-11H,8-9H2,1-2H3,(H,19,20)/b18-15+/t11-/m1/s1. The Bertz CT molecular complexity index is 705. The number of carbonyl (C=O) groups is 1. The monoisotopic (exact) mass is 298 g/mol. The van der Waals surface area contributed by atoms with Gasteiger partial charge in [0, 0.05) is 5.56 Å². The van der Waals surface area contributed by atoms with E-state index in [0.29, 0.717) is 5.92 Å². The molecule has 1 amide bonds. The molecule has 22 heavy (non-hydrogen) atoms. The Labute approximate surface area is 129 Å².